The van der Waals surface area contributed by atoms with Gasteiger partial charge in [-0.25, -0.2) is 9.59 Å². The highest BCUT2D eigenvalue weighted by molar-refractivity contribution is 6.01. The van der Waals surface area contributed by atoms with Crippen molar-refractivity contribution in [1.29, 1.82) is 0 Å². The predicted molar refractivity (Wildman–Crippen MR) is 68.5 cm³/mol. The molecule has 0 heterocycles. The van der Waals surface area contributed by atoms with Crippen LogP contribution < -0.4 is 5.73 Å². The summed E-state index contributed by atoms with van der Waals surface area (Å²) in [6.45, 7) is -1.21. The Morgan fingerprint density at radius 2 is 1.20 bits per heavy atom. The monoisotopic (exact) mass is 287 g/mol. The molecular weight excluding hydrogens is 270 g/mol. The smallest absolute Gasteiger partial charge is 0.336 e. The molecule has 20 heavy (non-hydrogen) atoms. The Balaban J connectivity index is 0.000000396. The van der Waals surface area contributed by atoms with E-state index in [1.807, 2.05) is 0 Å². The molecule has 0 radical (unpaired) electrons. The molecule has 0 aliphatic rings. The molecule has 8 nitrogen and oxygen atoms in total. The number of nitrogens with two attached hydrogens (primary N) is 1. The Labute approximate surface area is 114 Å². The summed E-state index contributed by atoms with van der Waals surface area (Å²) in [5.41, 5.74) is 3.56. The molecule has 112 valence electrons. The number of hydrogen-bond donors (Lipinski definition) is 6. The maximum atomic E-state index is 10.5. The molecule has 8 heteroatoms. The molecule has 0 amide bonds. The van der Waals surface area contributed by atoms with E-state index in [-0.39, 0.29) is 11.1 Å². The van der Waals surface area contributed by atoms with Crippen LogP contribution >= 0.6 is 0 Å². The maximum absolute atomic E-state index is 10.5. The second kappa shape index (κ2) is 8.23. The molecule has 1 rings (SSSR count). The Morgan fingerprint density at radius 1 is 0.900 bits per heavy atom. The number of aromatic carboxylic acids is 2. The molecule has 0 aliphatic carbocycles. The minimum Gasteiger partial charge on any atom is -0.478 e. The van der Waals surface area contributed by atoms with Crippen LogP contribution in [0.1, 0.15) is 20.7 Å². The second-order valence-corrected chi connectivity index (χ2v) is 3.99. The largest absolute Gasteiger partial charge is 0.478 e. The Kier molecular flexibility index (Phi) is 7.40. The van der Waals surface area contributed by atoms with Crippen molar-refractivity contribution >= 4 is 11.9 Å². The third-order valence-electron chi connectivity index (χ3n) is 2.33. The van der Waals surface area contributed by atoms with Gasteiger partial charge in [-0.2, -0.15) is 0 Å². The molecule has 0 bridgehead atoms. The Hall–Kier alpha value is -2.00. The SMILES string of the molecule is NC(CO)(CO)CO.O=C(O)c1ccccc1C(=O)O. The fourth-order valence-electron chi connectivity index (χ4n) is 1.01. The van der Waals surface area contributed by atoms with Crippen molar-refractivity contribution in [2.75, 3.05) is 19.8 Å². The minimum atomic E-state index is -1.23. The lowest BCUT2D eigenvalue weighted by Crippen LogP contribution is -2.50. The van der Waals surface area contributed by atoms with Gasteiger partial charge in [-0.15, -0.1) is 0 Å². The first-order valence-electron chi connectivity index (χ1n) is 5.48. The molecule has 7 N–H and O–H groups in total. The van der Waals surface area contributed by atoms with Crippen molar-refractivity contribution in [3.63, 3.8) is 0 Å². The zero-order valence-electron chi connectivity index (χ0n) is 10.6. The number of aliphatic hydroxyl groups is 3. The number of carboxylic acids is 2. The molecule has 0 aliphatic heterocycles. The van der Waals surface area contributed by atoms with E-state index in [1.54, 1.807) is 0 Å². The standard InChI is InChI=1S/C8H6O4.C4H11NO3/c9-7(10)5-3-1-2-4-6(5)8(11)12;5-4(1-6,2-7)3-8/h1-4H,(H,9,10)(H,11,12);6-8H,1-3,5H2. The summed E-state index contributed by atoms with van der Waals surface area (Å²) in [5.74, 6) is -2.46. The number of carboxylic acid groups (broad SMARTS) is 2. The van der Waals surface area contributed by atoms with Crippen molar-refractivity contribution in [3.05, 3.63) is 35.4 Å². The van der Waals surface area contributed by atoms with Crippen LogP contribution in [0.4, 0.5) is 0 Å². The molecule has 0 aromatic heterocycles. The summed E-state index contributed by atoms with van der Waals surface area (Å²) < 4.78 is 0. The Bertz CT molecular complexity index is 416. The summed E-state index contributed by atoms with van der Waals surface area (Å²) in [6, 6.07) is 5.48. The predicted octanol–water partition coefficient (Wildman–Crippen LogP) is -1.26. The van der Waals surface area contributed by atoms with Crippen molar-refractivity contribution < 1.29 is 35.1 Å². The third-order valence-corrected chi connectivity index (χ3v) is 2.33. The quantitative estimate of drug-likeness (QED) is 0.391. The van der Waals surface area contributed by atoms with Crippen molar-refractivity contribution in [1.82, 2.24) is 0 Å². The first-order valence-corrected chi connectivity index (χ1v) is 5.48. The summed E-state index contributed by atoms with van der Waals surface area (Å²) in [7, 11) is 0. The molecule has 0 fully saturated rings. The van der Waals surface area contributed by atoms with Crippen LogP contribution in [0.25, 0.3) is 0 Å². The third kappa shape index (κ3) is 5.33. The second-order valence-electron chi connectivity index (χ2n) is 3.99. The maximum Gasteiger partial charge on any atom is 0.336 e. The lowest BCUT2D eigenvalue weighted by Gasteiger charge is -2.20. The van der Waals surface area contributed by atoms with Crippen molar-refractivity contribution in [2.45, 2.75) is 5.54 Å². The highest BCUT2D eigenvalue weighted by Crippen LogP contribution is 2.07. The van der Waals surface area contributed by atoms with E-state index in [0.717, 1.165) is 0 Å². The normalized spacial score (nSPS) is 10.4. The molecule has 0 atom stereocenters. The molecule has 0 unspecified atom stereocenters. The number of benzene rings is 1. The number of rotatable bonds is 5. The molecule has 0 saturated heterocycles. The van der Waals surface area contributed by atoms with Crippen molar-refractivity contribution in [3.8, 4) is 0 Å². The van der Waals surface area contributed by atoms with Gasteiger partial charge in [0.15, 0.2) is 0 Å². The fraction of sp³-hybridized carbons (Fsp3) is 0.333. The van der Waals surface area contributed by atoms with Crippen LogP contribution in [0.15, 0.2) is 24.3 Å². The van der Waals surface area contributed by atoms with E-state index >= 15 is 0 Å². The zero-order valence-corrected chi connectivity index (χ0v) is 10.6. The van der Waals surface area contributed by atoms with E-state index in [1.165, 1.54) is 24.3 Å². The van der Waals surface area contributed by atoms with Gasteiger partial charge in [0, 0.05) is 0 Å². The molecular formula is C12H17NO7. The van der Waals surface area contributed by atoms with Crippen LogP contribution in [0.5, 0.6) is 0 Å². The van der Waals surface area contributed by atoms with Crippen LogP contribution in [0.2, 0.25) is 0 Å². The van der Waals surface area contributed by atoms with E-state index in [4.69, 9.17) is 31.3 Å². The van der Waals surface area contributed by atoms with Gasteiger partial charge in [-0.05, 0) is 12.1 Å². The van der Waals surface area contributed by atoms with Gasteiger partial charge < -0.3 is 31.3 Å². The molecule has 0 saturated carbocycles. The Morgan fingerprint density at radius 3 is 1.35 bits per heavy atom. The van der Waals surface area contributed by atoms with Crippen LogP contribution in [-0.4, -0.2) is 62.8 Å². The van der Waals surface area contributed by atoms with Gasteiger partial charge in [0.1, 0.15) is 0 Å². The number of hydrogen-bond acceptors (Lipinski definition) is 6. The first kappa shape index (κ1) is 18.0. The highest BCUT2D eigenvalue weighted by Gasteiger charge is 2.20. The summed E-state index contributed by atoms with van der Waals surface area (Å²) in [6.07, 6.45) is 0. The lowest BCUT2D eigenvalue weighted by atomic mass is 10.1. The van der Waals surface area contributed by atoms with Gasteiger partial charge in [-0.3, -0.25) is 0 Å². The van der Waals surface area contributed by atoms with E-state index in [2.05, 4.69) is 0 Å². The van der Waals surface area contributed by atoms with E-state index < -0.39 is 37.3 Å². The fourth-order valence-corrected chi connectivity index (χ4v) is 1.01. The topological polar surface area (TPSA) is 161 Å². The summed E-state index contributed by atoms with van der Waals surface area (Å²) in [5, 5.41) is 42.1. The molecule has 1 aromatic rings. The van der Waals surface area contributed by atoms with Crippen LogP contribution in [0, 0.1) is 0 Å². The summed E-state index contributed by atoms with van der Waals surface area (Å²) >= 11 is 0. The lowest BCUT2D eigenvalue weighted by molar-refractivity contribution is 0.0651. The van der Waals surface area contributed by atoms with Crippen LogP contribution in [-0.2, 0) is 0 Å². The van der Waals surface area contributed by atoms with E-state index in [9.17, 15) is 9.59 Å². The average Bonchev–Trinajstić information content (AvgIpc) is 2.47. The highest BCUT2D eigenvalue weighted by atomic mass is 16.4. The van der Waals surface area contributed by atoms with Gasteiger partial charge >= 0.3 is 11.9 Å². The van der Waals surface area contributed by atoms with Crippen LogP contribution in [0.3, 0.4) is 0 Å². The van der Waals surface area contributed by atoms with Gasteiger partial charge in [0.25, 0.3) is 0 Å². The zero-order chi connectivity index (χ0) is 15.8. The molecule has 1 aromatic carbocycles. The first-order chi connectivity index (χ1) is 9.31. The van der Waals surface area contributed by atoms with Gasteiger partial charge in [0.2, 0.25) is 0 Å². The van der Waals surface area contributed by atoms with Crippen molar-refractivity contribution in [2.24, 2.45) is 5.73 Å². The minimum absolute atomic E-state index is 0.190. The number of aliphatic hydroxyl groups excluding tert-OH is 3. The average molecular weight is 287 g/mol. The molecule has 0 spiro atoms. The van der Waals surface area contributed by atoms with Gasteiger partial charge in [-0.1, -0.05) is 12.1 Å². The number of carbonyl (C=O) groups is 2. The van der Waals surface area contributed by atoms with Gasteiger partial charge in [0.05, 0.1) is 36.5 Å². The van der Waals surface area contributed by atoms with E-state index in [0.29, 0.717) is 0 Å². The summed E-state index contributed by atoms with van der Waals surface area (Å²) in [4.78, 5) is 20.9.